The van der Waals surface area contributed by atoms with Crippen LogP contribution in [0, 0.1) is 18.7 Å². The zero-order chi connectivity index (χ0) is 34.0. The second kappa shape index (κ2) is 14.3. The third-order valence-electron chi connectivity index (χ3n) is 10.3. The van der Waals surface area contributed by atoms with Crippen LogP contribution in [-0.4, -0.2) is 60.0 Å². The lowest BCUT2D eigenvalue weighted by atomic mass is 9.83. The van der Waals surface area contributed by atoms with Gasteiger partial charge in [-0.25, -0.2) is 4.39 Å². The molecule has 3 saturated heterocycles. The predicted octanol–water partition coefficient (Wildman–Crippen LogP) is 8.06. The Morgan fingerprint density at radius 3 is 2.31 bits per heavy atom. The molecule has 3 atom stereocenters. The lowest BCUT2D eigenvalue weighted by Crippen LogP contribution is -2.46. The van der Waals surface area contributed by atoms with Crippen LogP contribution in [0.4, 0.5) is 28.9 Å². The quantitative estimate of drug-likeness (QED) is 0.248. The molecule has 0 aliphatic carbocycles. The molecule has 3 aliphatic heterocycles. The molecule has 1 N–H and O–H groups in total. The average molecular weight is 665 g/mol. The van der Waals surface area contributed by atoms with Gasteiger partial charge in [0.15, 0.2) is 0 Å². The summed E-state index contributed by atoms with van der Waals surface area (Å²) in [7, 11) is 0. The zero-order valence-electron chi connectivity index (χ0n) is 27.7. The first-order valence-corrected chi connectivity index (χ1v) is 17.2. The van der Waals surface area contributed by atoms with Crippen molar-refractivity contribution in [3.63, 3.8) is 0 Å². The second-order valence-electron chi connectivity index (χ2n) is 13.4. The van der Waals surface area contributed by atoms with E-state index >= 15 is 4.39 Å². The molecule has 3 aromatic carbocycles. The molecule has 3 aliphatic rings. The maximum Gasteiger partial charge on any atom is 0.404 e. The van der Waals surface area contributed by atoms with E-state index in [1.807, 2.05) is 12.1 Å². The minimum atomic E-state index is -4.28. The number of carbonyl (C=O) groups is 2. The van der Waals surface area contributed by atoms with Gasteiger partial charge < -0.3 is 15.1 Å². The summed E-state index contributed by atoms with van der Waals surface area (Å²) >= 11 is 0. The van der Waals surface area contributed by atoms with E-state index in [0.29, 0.717) is 49.2 Å². The minimum Gasteiger partial charge on any atom is -0.371 e. The van der Waals surface area contributed by atoms with Gasteiger partial charge in [0.2, 0.25) is 5.91 Å². The van der Waals surface area contributed by atoms with Gasteiger partial charge in [-0.2, -0.15) is 13.2 Å². The Balaban J connectivity index is 1.30. The first kappa shape index (κ1) is 34.0. The number of amides is 2. The van der Waals surface area contributed by atoms with E-state index in [0.717, 1.165) is 43.6 Å². The summed E-state index contributed by atoms with van der Waals surface area (Å²) in [6.45, 7) is 6.64. The second-order valence-corrected chi connectivity index (χ2v) is 13.4. The molecule has 6 rings (SSSR count). The van der Waals surface area contributed by atoms with Crippen molar-refractivity contribution < 1.29 is 27.2 Å². The van der Waals surface area contributed by atoms with E-state index in [1.165, 1.54) is 16.5 Å². The molecule has 0 radical (unpaired) electrons. The van der Waals surface area contributed by atoms with Gasteiger partial charge in [0.05, 0.1) is 17.5 Å². The number of hydrogen-bond donors (Lipinski definition) is 1. The highest BCUT2D eigenvalue weighted by Crippen LogP contribution is 2.40. The number of benzene rings is 3. The van der Waals surface area contributed by atoms with Gasteiger partial charge in [0.25, 0.3) is 5.91 Å². The van der Waals surface area contributed by atoms with Gasteiger partial charge in [-0.1, -0.05) is 49.4 Å². The first-order valence-electron chi connectivity index (χ1n) is 17.2. The molecular weight excluding hydrogens is 620 g/mol. The number of anilines is 2. The smallest absolute Gasteiger partial charge is 0.371 e. The van der Waals surface area contributed by atoms with Gasteiger partial charge in [0.1, 0.15) is 11.9 Å². The number of rotatable bonds is 8. The van der Waals surface area contributed by atoms with Crippen molar-refractivity contribution in [3.8, 4) is 0 Å². The summed E-state index contributed by atoms with van der Waals surface area (Å²) in [4.78, 5) is 33.6. The summed E-state index contributed by atoms with van der Waals surface area (Å²) in [5, 5.41) is 3.14. The summed E-state index contributed by atoms with van der Waals surface area (Å²) in [6.07, 6.45) is 0.531. The molecule has 0 spiro atoms. The molecule has 3 aromatic rings. The van der Waals surface area contributed by atoms with E-state index in [-0.39, 0.29) is 24.4 Å². The number of likely N-dealkylation sites (tertiary alicyclic amines) is 2. The molecule has 3 fully saturated rings. The standard InChI is InChI=1S/C38H44F4N4O2/c1-3-27-17-18-29(23-32(27)44-19-4-5-20-44)43-36(47)30-10-7-22-46(37(48)34-25(2)9-6-11-31(34)39)35(30)28-15-13-26(14-16-28)24-45-21-8-12-33(45)38(40,41)42/h6,9,11,13-18,23,30,33,35H,3-5,7-8,10,12,19-22,24H2,1-2H3,(H,43,47)/t30?,33?,35-/m0/s1. The van der Waals surface area contributed by atoms with Gasteiger partial charge in [-0.05, 0) is 98.9 Å². The molecule has 0 saturated carbocycles. The van der Waals surface area contributed by atoms with Gasteiger partial charge >= 0.3 is 6.18 Å². The van der Waals surface area contributed by atoms with E-state index in [4.69, 9.17) is 0 Å². The maximum atomic E-state index is 15.1. The molecule has 2 unspecified atom stereocenters. The summed E-state index contributed by atoms with van der Waals surface area (Å²) in [5.74, 6) is -1.95. The van der Waals surface area contributed by atoms with Crippen LogP contribution >= 0.6 is 0 Å². The largest absolute Gasteiger partial charge is 0.404 e. The third-order valence-corrected chi connectivity index (χ3v) is 10.3. The molecular formula is C38H44F4N4O2. The number of aryl methyl sites for hydroxylation is 2. The summed E-state index contributed by atoms with van der Waals surface area (Å²) in [6, 6.07) is 15.6. The predicted molar refractivity (Wildman–Crippen MR) is 179 cm³/mol. The number of nitrogens with one attached hydrogen (secondary N) is 1. The van der Waals surface area contributed by atoms with Gasteiger partial charge in [-0.3, -0.25) is 14.5 Å². The Kier molecular flexibility index (Phi) is 10.1. The lowest BCUT2D eigenvalue weighted by molar-refractivity contribution is -0.177. The van der Waals surface area contributed by atoms with Crippen LogP contribution in [0.25, 0.3) is 0 Å². The molecule has 3 heterocycles. The number of halogens is 4. The Hall–Kier alpha value is -3.92. The Bertz CT molecular complexity index is 1600. The average Bonchev–Trinajstić information content (AvgIpc) is 3.78. The normalized spacial score (nSPS) is 21.9. The van der Waals surface area contributed by atoms with Crippen LogP contribution in [0.1, 0.15) is 84.1 Å². The van der Waals surface area contributed by atoms with Crippen LogP contribution in [-0.2, 0) is 17.8 Å². The molecule has 0 bridgehead atoms. The number of piperidine rings is 1. The first-order chi connectivity index (χ1) is 23.0. The van der Waals surface area contributed by atoms with Crippen LogP contribution < -0.4 is 10.2 Å². The summed E-state index contributed by atoms with van der Waals surface area (Å²) < 4.78 is 55.9. The van der Waals surface area contributed by atoms with Crippen LogP contribution in [0.5, 0.6) is 0 Å². The van der Waals surface area contributed by atoms with Crippen LogP contribution in [0.15, 0.2) is 60.7 Å². The van der Waals surface area contributed by atoms with Crippen molar-refractivity contribution in [2.45, 2.75) is 83.6 Å². The molecule has 256 valence electrons. The van der Waals surface area contributed by atoms with Crippen molar-refractivity contribution in [2.24, 2.45) is 5.92 Å². The highest BCUT2D eigenvalue weighted by molar-refractivity contribution is 5.98. The maximum absolute atomic E-state index is 15.1. The van der Waals surface area contributed by atoms with Gasteiger partial charge in [0, 0.05) is 37.6 Å². The monoisotopic (exact) mass is 664 g/mol. The fourth-order valence-electron chi connectivity index (χ4n) is 7.83. The third kappa shape index (κ3) is 7.09. The van der Waals surface area contributed by atoms with Crippen molar-refractivity contribution in [3.05, 3.63) is 94.3 Å². The molecule has 6 nitrogen and oxygen atoms in total. The fraction of sp³-hybridized carbons (Fsp3) is 0.474. The van der Waals surface area contributed by atoms with Crippen molar-refractivity contribution in [2.75, 3.05) is 36.4 Å². The van der Waals surface area contributed by atoms with E-state index < -0.39 is 35.9 Å². The van der Waals surface area contributed by atoms with E-state index in [2.05, 4.69) is 23.2 Å². The number of alkyl halides is 3. The van der Waals surface area contributed by atoms with Crippen LogP contribution in [0.2, 0.25) is 0 Å². The van der Waals surface area contributed by atoms with E-state index in [9.17, 15) is 22.8 Å². The highest BCUT2D eigenvalue weighted by atomic mass is 19.4. The van der Waals surface area contributed by atoms with E-state index in [1.54, 1.807) is 48.2 Å². The molecule has 48 heavy (non-hydrogen) atoms. The number of nitrogens with zero attached hydrogens (tertiary/aromatic N) is 3. The lowest BCUT2D eigenvalue weighted by Gasteiger charge is -2.41. The number of hydrogen-bond acceptors (Lipinski definition) is 4. The highest BCUT2D eigenvalue weighted by Gasteiger charge is 2.46. The van der Waals surface area contributed by atoms with Crippen molar-refractivity contribution in [1.29, 1.82) is 0 Å². The number of carbonyl (C=O) groups excluding carboxylic acids is 2. The molecule has 10 heteroatoms. The minimum absolute atomic E-state index is 0.0159. The Morgan fingerprint density at radius 2 is 1.62 bits per heavy atom. The van der Waals surface area contributed by atoms with Gasteiger partial charge in [-0.15, -0.1) is 0 Å². The zero-order valence-corrected chi connectivity index (χ0v) is 27.7. The molecule has 2 amide bonds. The SMILES string of the molecule is CCc1ccc(NC(=O)C2CCCN(C(=O)c3c(C)cccc3F)[C@H]2c2ccc(CN3CCCC3C(F)(F)F)cc2)cc1N1CCCC1. The Morgan fingerprint density at radius 1 is 0.896 bits per heavy atom. The topological polar surface area (TPSA) is 55.9 Å². The van der Waals surface area contributed by atoms with Crippen LogP contribution in [0.3, 0.4) is 0 Å². The fourth-order valence-corrected chi connectivity index (χ4v) is 7.83. The Labute approximate surface area is 280 Å². The van der Waals surface area contributed by atoms with Crippen molar-refractivity contribution >= 4 is 23.2 Å². The summed E-state index contributed by atoms with van der Waals surface area (Å²) in [5.41, 5.74) is 4.94. The molecule has 0 aromatic heterocycles. The van der Waals surface area contributed by atoms with Crippen molar-refractivity contribution in [1.82, 2.24) is 9.80 Å².